The Bertz CT molecular complexity index is 712. The maximum atomic E-state index is 13.3. The molecule has 2 atom stereocenters. The Morgan fingerprint density at radius 3 is 2.00 bits per heavy atom. The van der Waals surface area contributed by atoms with Crippen LogP contribution in [0.4, 0.5) is 22.0 Å². The van der Waals surface area contributed by atoms with E-state index in [-0.39, 0.29) is 5.92 Å². The second-order valence-corrected chi connectivity index (χ2v) is 6.73. The van der Waals surface area contributed by atoms with Gasteiger partial charge < -0.3 is 9.29 Å². The second-order valence-electron chi connectivity index (χ2n) is 5.27. The van der Waals surface area contributed by atoms with Crippen molar-refractivity contribution < 1.29 is 44.5 Å². The standard InChI is InChI=1S/C14H15F5O5S/c1-3-8(2)9-4-6-10(7-5-9)11(20)24-12(13(15,16)17)14(18,19)25(21,22)23/h4-8,12H,3H2,1-2H3,(H,21,22,23)/p-1. The molecule has 0 aliphatic heterocycles. The molecule has 1 aromatic rings. The van der Waals surface area contributed by atoms with Crippen molar-refractivity contribution in [3.8, 4) is 0 Å². The monoisotopic (exact) mass is 389 g/mol. The topological polar surface area (TPSA) is 83.5 Å². The van der Waals surface area contributed by atoms with Gasteiger partial charge >= 0.3 is 17.4 Å². The molecule has 0 heterocycles. The first-order valence-electron chi connectivity index (χ1n) is 6.92. The Morgan fingerprint density at radius 2 is 1.64 bits per heavy atom. The van der Waals surface area contributed by atoms with E-state index < -0.39 is 39.2 Å². The summed E-state index contributed by atoms with van der Waals surface area (Å²) in [6.45, 7) is 3.74. The highest BCUT2D eigenvalue weighted by molar-refractivity contribution is 7.86. The lowest BCUT2D eigenvalue weighted by Crippen LogP contribution is -2.52. The summed E-state index contributed by atoms with van der Waals surface area (Å²) < 4.78 is 99.5. The fraction of sp³-hybridized carbons (Fsp3) is 0.500. The molecule has 0 saturated heterocycles. The normalized spacial score (nSPS) is 15.5. The summed E-state index contributed by atoms with van der Waals surface area (Å²) in [6, 6.07) is 4.91. The first kappa shape index (κ1) is 21.3. The molecule has 0 aliphatic rings. The molecule has 11 heteroatoms. The van der Waals surface area contributed by atoms with Crippen molar-refractivity contribution in [2.45, 2.75) is 43.7 Å². The Hall–Kier alpha value is -1.75. The number of hydrogen-bond donors (Lipinski definition) is 0. The Morgan fingerprint density at radius 1 is 1.16 bits per heavy atom. The fourth-order valence-electron chi connectivity index (χ4n) is 1.82. The number of carbonyl (C=O) groups is 1. The maximum Gasteiger partial charge on any atom is 0.432 e. The van der Waals surface area contributed by atoms with E-state index in [0.29, 0.717) is 0 Å². The Labute approximate surface area is 140 Å². The molecule has 2 unspecified atom stereocenters. The van der Waals surface area contributed by atoms with E-state index in [0.717, 1.165) is 24.1 Å². The molecule has 1 rings (SSSR count). The Balaban J connectivity index is 3.12. The van der Waals surface area contributed by atoms with Crippen LogP contribution >= 0.6 is 0 Å². The zero-order valence-electron chi connectivity index (χ0n) is 13.0. The quantitative estimate of drug-likeness (QED) is 0.423. The maximum absolute atomic E-state index is 13.3. The minimum Gasteiger partial charge on any atom is -0.743 e. The minimum atomic E-state index is -6.71. The lowest BCUT2D eigenvalue weighted by Gasteiger charge is -2.29. The van der Waals surface area contributed by atoms with Gasteiger partial charge in [0, 0.05) is 0 Å². The summed E-state index contributed by atoms with van der Waals surface area (Å²) in [6.07, 6.45) is -9.63. The number of hydrogen-bond acceptors (Lipinski definition) is 5. The highest BCUT2D eigenvalue weighted by Gasteiger charge is 2.63. The zero-order valence-corrected chi connectivity index (χ0v) is 13.8. The van der Waals surface area contributed by atoms with Gasteiger partial charge in [-0.05, 0) is 30.0 Å². The van der Waals surface area contributed by atoms with Gasteiger partial charge in [0.25, 0.3) is 6.10 Å². The molecule has 0 amide bonds. The lowest BCUT2D eigenvalue weighted by molar-refractivity contribution is -0.248. The lowest BCUT2D eigenvalue weighted by atomic mass is 9.98. The SMILES string of the molecule is CCC(C)c1ccc(C(=O)OC(C(F)(F)F)C(F)(F)S(=O)(=O)[O-])cc1. The van der Waals surface area contributed by atoms with Gasteiger partial charge in [-0.3, -0.25) is 0 Å². The van der Waals surface area contributed by atoms with E-state index in [1.54, 1.807) is 0 Å². The van der Waals surface area contributed by atoms with Crippen LogP contribution in [-0.4, -0.2) is 36.5 Å². The van der Waals surface area contributed by atoms with E-state index in [9.17, 15) is 39.7 Å². The van der Waals surface area contributed by atoms with E-state index in [4.69, 9.17) is 0 Å². The van der Waals surface area contributed by atoms with Crippen molar-refractivity contribution in [2.75, 3.05) is 0 Å². The van der Waals surface area contributed by atoms with Gasteiger partial charge in [0.15, 0.2) is 10.1 Å². The van der Waals surface area contributed by atoms with Crippen LogP contribution in [0.1, 0.15) is 42.1 Å². The first-order chi connectivity index (χ1) is 11.2. The fourth-order valence-corrected chi connectivity index (χ4v) is 2.26. The molecule has 5 nitrogen and oxygen atoms in total. The van der Waals surface area contributed by atoms with Crippen LogP contribution < -0.4 is 0 Å². The van der Waals surface area contributed by atoms with Gasteiger partial charge in [-0.25, -0.2) is 13.2 Å². The van der Waals surface area contributed by atoms with Crippen LogP contribution in [0.2, 0.25) is 0 Å². The number of ether oxygens (including phenoxy) is 1. The molecule has 0 bridgehead atoms. The van der Waals surface area contributed by atoms with Crippen LogP contribution in [0.5, 0.6) is 0 Å². The average molecular weight is 389 g/mol. The van der Waals surface area contributed by atoms with Crippen molar-refractivity contribution in [3.63, 3.8) is 0 Å². The molecule has 25 heavy (non-hydrogen) atoms. The number of rotatable bonds is 6. The third-order valence-corrected chi connectivity index (χ3v) is 4.37. The van der Waals surface area contributed by atoms with Gasteiger partial charge in [-0.1, -0.05) is 26.0 Å². The van der Waals surface area contributed by atoms with E-state index in [1.807, 2.05) is 13.8 Å². The minimum absolute atomic E-state index is 0.0860. The molecule has 0 spiro atoms. The summed E-state index contributed by atoms with van der Waals surface area (Å²) in [4.78, 5) is 11.7. The van der Waals surface area contributed by atoms with Gasteiger partial charge in [-0.2, -0.15) is 22.0 Å². The van der Waals surface area contributed by atoms with Crippen molar-refractivity contribution in [1.29, 1.82) is 0 Å². The number of halogens is 5. The summed E-state index contributed by atoms with van der Waals surface area (Å²) in [5.74, 6) is -1.75. The molecule has 0 radical (unpaired) electrons. The van der Waals surface area contributed by atoms with Gasteiger partial charge in [0.05, 0.1) is 5.56 Å². The van der Waals surface area contributed by atoms with Crippen LogP contribution in [0.25, 0.3) is 0 Å². The van der Waals surface area contributed by atoms with Crippen molar-refractivity contribution >= 4 is 16.1 Å². The second kappa shape index (κ2) is 7.24. The molecule has 1 aromatic carbocycles. The average Bonchev–Trinajstić information content (AvgIpc) is 2.49. The molecular weight excluding hydrogens is 375 g/mol. The summed E-state index contributed by atoms with van der Waals surface area (Å²) in [5.41, 5.74) is 0.249. The smallest absolute Gasteiger partial charge is 0.432 e. The summed E-state index contributed by atoms with van der Waals surface area (Å²) in [5, 5.41) is -5.86. The highest BCUT2D eigenvalue weighted by atomic mass is 32.2. The number of alkyl halides is 5. The van der Waals surface area contributed by atoms with E-state index in [2.05, 4.69) is 4.74 Å². The Kier molecular flexibility index (Phi) is 6.17. The molecule has 0 aromatic heterocycles. The predicted molar refractivity (Wildman–Crippen MR) is 75.1 cm³/mol. The van der Waals surface area contributed by atoms with Crippen LogP contribution in [0.3, 0.4) is 0 Å². The summed E-state index contributed by atoms with van der Waals surface area (Å²) >= 11 is 0. The van der Waals surface area contributed by atoms with E-state index >= 15 is 0 Å². The predicted octanol–water partition coefficient (Wildman–Crippen LogP) is 3.43. The molecule has 0 fully saturated rings. The van der Waals surface area contributed by atoms with Crippen LogP contribution in [0.15, 0.2) is 24.3 Å². The van der Waals surface area contributed by atoms with Crippen molar-refractivity contribution in [3.05, 3.63) is 35.4 Å². The van der Waals surface area contributed by atoms with Crippen LogP contribution in [0, 0.1) is 0 Å². The molecular formula is C14H14F5O5S-. The molecule has 0 saturated carbocycles. The molecule has 142 valence electrons. The van der Waals surface area contributed by atoms with Gasteiger partial charge in [0.2, 0.25) is 0 Å². The molecule has 0 N–H and O–H groups in total. The van der Waals surface area contributed by atoms with Crippen molar-refractivity contribution in [2.24, 2.45) is 0 Å². The number of benzene rings is 1. The van der Waals surface area contributed by atoms with Gasteiger partial charge in [0.1, 0.15) is 0 Å². The van der Waals surface area contributed by atoms with E-state index in [1.165, 1.54) is 12.1 Å². The van der Waals surface area contributed by atoms with Crippen LogP contribution in [-0.2, 0) is 14.9 Å². The number of carbonyl (C=O) groups excluding carboxylic acids is 1. The van der Waals surface area contributed by atoms with Crippen molar-refractivity contribution in [1.82, 2.24) is 0 Å². The first-order valence-corrected chi connectivity index (χ1v) is 8.33. The molecule has 0 aliphatic carbocycles. The highest BCUT2D eigenvalue weighted by Crippen LogP contribution is 2.38. The van der Waals surface area contributed by atoms with Gasteiger partial charge in [-0.15, -0.1) is 0 Å². The largest absolute Gasteiger partial charge is 0.743 e. The number of esters is 1. The zero-order chi connectivity index (χ0) is 19.6. The summed E-state index contributed by atoms with van der Waals surface area (Å²) in [7, 11) is -6.71. The third-order valence-electron chi connectivity index (χ3n) is 3.49. The third kappa shape index (κ3) is 4.88.